The first-order valence-corrected chi connectivity index (χ1v) is 16.0. The Balaban J connectivity index is 1.48. The molecule has 3 aromatic carbocycles. The van der Waals surface area contributed by atoms with Crippen molar-refractivity contribution in [3.05, 3.63) is 108 Å². The van der Waals surface area contributed by atoms with Crippen LogP contribution in [0.15, 0.2) is 103 Å². The first-order valence-electron chi connectivity index (χ1n) is 14.1. The quantitative estimate of drug-likeness (QED) is 0.223. The van der Waals surface area contributed by atoms with Crippen LogP contribution in [-0.2, 0) is 20.4 Å². The molecule has 1 aliphatic heterocycles. The number of hydrogen-bond donors (Lipinski definition) is 0. The Bertz CT molecular complexity index is 1260. The number of imide groups is 1. The van der Waals surface area contributed by atoms with Gasteiger partial charge in [-0.15, -0.1) is 0 Å². The molecule has 0 saturated carbocycles. The summed E-state index contributed by atoms with van der Waals surface area (Å²) in [6.45, 7) is 11.4. The van der Waals surface area contributed by atoms with Crippen molar-refractivity contribution >= 4 is 30.7 Å². The van der Waals surface area contributed by atoms with Crippen molar-refractivity contribution in [3.63, 3.8) is 0 Å². The molecule has 1 fully saturated rings. The summed E-state index contributed by atoms with van der Waals surface area (Å²) in [5.74, 6) is -0.544. The lowest BCUT2D eigenvalue weighted by atomic mass is 9.99. The Morgan fingerprint density at radius 2 is 1.50 bits per heavy atom. The van der Waals surface area contributed by atoms with Crippen LogP contribution in [-0.4, -0.2) is 44.5 Å². The predicted molar refractivity (Wildman–Crippen MR) is 163 cm³/mol. The van der Waals surface area contributed by atoms with Gasteiger partial charge >= 0.3 is 6.09 Å². The molecule has 0 spiro atoms. The fourth-order valence-electron chi connectivity index (χ4n) is 5.73. The zero-order valence-corrected chi connectivity index (χ0v) is 25.3. The maximum absolute atomic E-state index is 13.4. The van der Waals surface area contributed by atoms with Crippen molar-refractivity contribution in [2.75, 3.05) is 13.2 Å². The minimum Gasteiger partial charge on any atom is -0.447 e. The Kier molecular flexibility index (Phi) is 9.43. The third kappa shape index (κ3) is 6.45. The lowest BCUT2D eigenvalue weighted by Gasteiger charge is -2.42. The van der Waals surface area contributed by atoms with Crippen molar-refractivity contribution in [2.24, 2.45) is 5.92 Å². The fraction of sp³-hybridized carbons (Fsp3) is 0.353. The van der Waals surface area contributed by atoms with Gasteiger partial charge in [0.25, 0.3) is 8.32 Å². The van der Waals surface area contributed by atoms with Crippen LogP contribution in [0.1, 0.15) is 46.6 Å². The monoisotopic (exact) mass is 555 g/mol. The minimum atomic E-state index is -2.64. The van der Waals surface area contributed by atoms with Crippen LogP contribution >= 0.6 is 0 Å². The number of hydrogen-bond acceptors (Lipinski definition) is 4. The molecule has 2 amide bonds. The van der Waals surface area contributed by atoms with Crippen LogP contribution in [0.2, 0.25) is 5.04 Å². The van der Waals surface area contributed by atoms with Crippen LogP contribution in [0.5, 0.6) is 0 Å². The number of rotatable bonds is 10. The van der Waals surface area contributed by atoms with E-state index in [1.165, 1.54) is 15.3 Å². The summed E-state index contributed by atoms with van der Waals surface area (Å²) >= 11 is 0. The highest BCUT2D eigenvalue weighted by Crippen LogP contribution is 2.36. The van der Waals surface area contributed by atoms with Gasteiger partial charge in [0, 0.05) is 5.92 Å². The predicted octanol–water partition coefficient (Wildman–Crippen LogP) is 6.13. The molecule has 6 heteroatoms. The number of carbonyl (C=O) groups is 2. The summed E-state index contributed by atoms with van der Waals surface area (Å²) in [6.07, 6.45) is 2.68. The van der Waals surface area contributed by atoms with E-state index in [-0.39, 0.29) is 29.5 Å². The van der Waals surface area contributed by atoms with Gasteiger partial charge < -0.3 is 9.16 Å². The van der Waals surface area contributed by atoms with Gasteiger partial charge in [-0.05, 0) is 40.7 Å². The maximum Gasteiger partial charge on any atom is 0.416 e. The standard InChI is InChI=1S/C34H41NO4Si/c1-26(23-27(2)32(36)35-29(25-38-33(35)37)24-28-15-9-6-10-16-28)21-22-39-40(34(3,4)5,30-17-11-7-12-18-30)31-19-13-8-14-20-31/h6-21,27,29H,22-25H2,1-5H3/b26-21+/t27-,29-/m0/s1. The molecule has 0 aliphatic carbocycles. The fourth-order valence-corrected chi connectivity index (χ4v) is 10.2. The summed E-state index contributed by atoms with van der Waals surface area (Å²) in [5.41, 5.74) is 2.14. The van der Waals surface area contributed by atoms with E-state index in [1.54, 1.807) is 0 Å². The van der Waals surface area contributed by atoms with Gasteiger partial charge in [-0.1, -0.05) is 130 Å². The van der Waals surface area contributed by atoms with E-state index in [9.17, 15) is 9.59 Å². The highest BCUT2D eigenvalue weighted by molar-refractivity contribution is 6.99. The van der Waals surface area contributed by atoms with Gasteiger partial charge in [0.1, 0.15) is 6.61 Å². The van der Waals surface area contributed by atoms with E-state index in [4.69, 9.17) is 9.16 Å². The SMILES string of the molecule is C/C(=C\CO[Si](c1ccccc1)(c1ccccc1)C(C)(C)C)C[C@H](C)C(=O)N1C(=O)OC[C@@H]1Cc1ccccc1. The number of allylic oxidation sites excluding steroid dienone is 1. The highest BCUT2D eigenvalue weighted by Gasteiger charge is 2.50. The molecule has 4 rings (SSSR count). The van der Waals surface area contributed by atoms with Crippen LogP contribution in [0.4, 0.5) is 4.79 Å². The number of amides is 2. The third-order valence-corrected chi connectivity index (χ3v) is 12.7. The van der Waals surface area contributed by atoms with Gasteiger partial charge in [-0.3, -0.25) is 4.79 Å². The Labute approximate surface area is 240 Å². The van der Waals surface area contributed by atoms with E-state index in [0.29, 0.717) is 19.4 Å². The summed E-state index contributed by atoms with van der Waals surface area (Å²) in [5, 5.41) is 2.37. The van der Waals surface area contributed by atoms with Crippen LogP contribution < -0.4 is 10.4 Å². The molecule has 1 heterocycles. The zero-order valence-electron chi connectivity index (χ0n) is 24.3. The highest BCUT2D eigenvalue weighted by atomic mass is 28.4. The second-order valence-corrected chi connectivity index (χ2v) is 16.1. The molecular weight excluding hydrogens is 514 g/mol. The van der Waals surface area contributed by atoms with E-state index in [1.807, 2.05) is 56.3 Å². The molecule has 5 nitrogen and oxygen atoms in total. The van der Waals surface area contributed by atoms with E-state index < -0.39 is 14.4 Å². The number of ether oxygens (including phenoxy) is 1. The van der Waals surface area contributed by atoms with Gasteiger partial charge in [-0.2, -0.15) is 0 Å². The molecule has 0 N–H and O–H groups in total. The van der Waals surface area contributed by atoms with Crippen LogP contribution in [0.25, 0.3) is 0 Å². The number of carbonyl (C=O) groups excluding carboxylic acids is 2. The van der Waals surface area contributed by atoms with E-state index in [0.717, 1.165) is 11.1 Å². The van der Waals surface area contributed by atoms with E-state index in [2.05, 4.69) is 75.4 Å². The number of benzene rings is 3. The molecule has 40 heavy (non-hydrogen) atoms. The second kappa shape index (κ2) is 12.8. The second-order valence-electron chi connectivity index (χ2n) is 11.8. The molecule has 210 valence electrons. The lowest BCUT2D eigenvalue weighted by Crippen LogP contribution is -2.66. The molecule has 0 bridgehead atoms. The smallest absolute Gasteiger partial charge is 0.416 e. The molecule has 0 aromatic heterocycles. The summed E-state index contributed by atoms with van der Waals surface area (Å²) in [4.78, 5) is 27.2. The Morgan fingerprint density at radius 3 is 2.02 bits per heavy atom. The van der Waals surface area contributed by atoms with Crippen molar-refractivity contribution < 1.29 is 18.8 Å². The largest absolute Gasteiger partial charge is 0.447 e. The van der Waals surface area contributed by atoms with Gasteiger partial charge in [0.2, 0.25) is 5.91 Å². The Hall–Kier alpha value is -3.48. The van der Waals surface area contributed by atoms with Crippen LogP contribution in [0.3, 0.4) is 0 Å². The molecular formula is C34H41NO4Si. The van der Waals surface area contributed by atoms with Crippen molar-refractivity contribution in [1.82, 2.24) is 4.90 Å². The van der Waals surface area contributed by atoms with Crippen LogP contribution in [0, 0.1) is 5.92 Å². The molecule has 1 saturated heterocycles. The van der Waals surface area contributed by atoms with Crippen molar-refractivity contribution in [3.8, 4) is 0 Å². The van der Waals surface area contributed by atoms with Gasteiger partial charge in [0.05, 0.1) is 12.6 Å². The lowest BCUT2D eigenvalue weighted by molar-refractivity contribution is -0.132. The van der Waals surface area contributed by atoms with Crippen molar-refractivity contribution in [2.45, 2.75) is 58.5 Å². The molecule has 0 unspecified atom stereocenters. The first kappa shape index (κ1) is 29.5. The average molecular weight is 556 g/mol. The number of nitrogens with zero attached hydrogens (tertiary/aromatic N) is 1. The summed E-state index contributed by atoms with van der Waals surface area (Å²) in [7, 11) is -2.64. The summed E-state index contributed by atoms with van der Waals surface area (Å²) in [6, 6.07) is 30.8. The third-order valence-electron chi connectivity index (χ3n) is 7.71. The van der Waals surface area contributed by atoms with Gasteiger partial charge in [0.15, 0.2) is 0 Å². The topological polar surface area (TPSA) is 55.8 Å². The van der Waals surface area contributed by atoms with Gasteiger partial charge in [-0.25, -0.2) is 9.69 Å². The molecule has 0 radical (unpaired) electrons. The average Bonchev–Trinajstić information content (AvgIpc) is 3.30. The summed E-state index contributed by atoms with van der Waals surface area (Å²) < 4.78 is 12.3. The molecule has 2 atom stereocenters. The Morgan fingerprint density at radius 1 is 0.975 bits per heavy atom. The zero-order chi connectivity index (χ0) is 28.8. The normalized spacial score (nSPS) is 17.0. The minimum absolute atomic E-state index is 0.107. The number of cyclic esters (lactones) is 1. The first-order chi connectivity index (χ1) is 19.1. The maximum atomic E-state index is 13.4. The van der Waals surface area contributed by atoms with Crippen molar-refractivity contribution in [1.29, 1.82) is 0 Å². The molecule has 1 aliphatic rings. The van der Waals surface area contributed by atoms with E-state index >= 15 is 0 Å². The molecule has 3 aromatic rings.